The lowest BCUT2D eigenvalue weighted by atomic mass is 10.0. The maximum Gasteiger partial charge on any atom is 0.257 e. The number of benzene rings is 1. The van der Waals surface area contributed by atoms with Crippen LogP contribution in [0.1, 0.15) is 38.3 Å². The first-order chi connectivity index (χ1) is 13.9. The maximum atomic E-state index is 12.9. The van der Waals surface area contributed by atoms with E-state index < -0.39 is 0 Å². The number of aryl methyl sites for hydroxylation is 2. The SMILES string of the molecule is COc1cnc(NC(=O)c2cc(C(=O)N[C@H]3CCOC3)c(OC)cc2C)c(C)c1. The molecule has 1 aliphatic rings. The number of hydrogen-bond donors (Lipinski definition) is 2. The average Bonchev–Trinajstić information content (AvgIpc) is 3.21. The van der Waals surface area contributed by atoms with Gasteiger partial charge in [0.1, 0.15) is 17.3 Å². The van der Waals surface area contributed by atoms with Crippen LogP contribution in [0.3, 0.4) is 0 Å². The molecule has 0 bridgehead atoms. The van der Waals surface area contributed by atoms with E-state index in [0.29, 0.717) is 47.2 Å². The number of pyridine rings is 1. The number of hydrogen-bond acceptors (Lipinski definition) is 6. The fourth-order valence-electron chi connectivity index (χ4n) is 3.15. The summed E-state index contributed by atoms with van der Waals surface area (Å²) in [4.78, 5) is 29.9. The minimum Gasteiger partial charge on any atom is -0.496 e. The Balaban J connectivity index is 1.86. The summed E-state index contributed by atoms with van der Waals surface area (Å²) in [5.74, 6) is 0.791. The molecule has 2 heterocycles. The van der Waals surface area contributed by atoms with Crippen LogP contribution in [0.2, 0.25) is 0 Å². The van der Waals surface area contributed by atoms with E-state index >= 15 is 0 Å². The summed E-state index contributed by atoms with van der Waals surface area (Å²) in [5.41, 5.74) is 2.12. The van der Waals surface area contributed by atoms with Crippen molar-refractivity contribution in [1.29, 1.82) is 0 Å². The van der Waals surface area contributed by atoms with Gasteiger partial charge in [-0.3, -0.25) is 9.59 Å². The van der Waals surface area contributed by atoms with Crippen LogP contribution in [-0.4, -0.2) is 50.3 Å². The Labute approximate surface area is 169 Å². The van der Waals surface area contributed by atoms with Gasteiger partial charge in [0.2, 0.25) is 0 Å². The molecule has 29 heavy (non-hydrogen) atoms. The first kappa shape index (κ1) is 20.6. The standard InChI is InChI=1S/C21H25N3O5/c1-12-8-18(28-4)17(21(26)23-14-5-6-29-11-14)9-16(12)20(25)24-19-13(2)7-15(27-3)10-22-19/h7-10,14H,5-6,11H2,1-4H3,(H,23,26)(H,22,24,25)/t14-/m0/s1. The second kappa shape index (κ2) is 8.91. The number of ether oxygens (including phenoxy) is 3. The number of amides is 2. The van der Waals surface area contributed by atoms with Crippen molar-refractivity contribution in [3.05, 3.63) is 46.6 Å². The molecule has 0 aliphatic carbocycles. The largest absolute Gasteiger partial charge is 0.496 e. The molecule has 2 aromatic rings. The van der Waals surface area contributed by atoms with Gasteiger partial charge in [-0.15, -0.1) is 0 Å². The number of rotatable bonds is 6. The molecule has 0 saturated carbocycles. The topological polar surface area (TPSA) is 98.8 Å². The number of carbonyl (C=O) groups is 2. The van der Waals surface area contributed by atoms with Gasteiger partial charge in [0.25, 0.3) is 11.8 Å². The van der Waals surface area contributed by atoms with Crippen LogP contribution in [0.15, 0.2) is 24.4 Å². The number of nitrogens with one attached hydrogen (secondary N) is 2. The molecule has 8 nitrogen and oxygen atoms in total. The van der Waals surface area contributed by atoms with Crippen LogP contribution in [0.4, 0.5) is 5.82 Å². The average molecular weight is 399 g/mol. The van der Waals surface area contributed by atoms with Gasteiger partial charge in [-0.05, 0) is 49.6 Å². The zero-order valence-electron chi connectivity index (χ0n) is 17.0. The van der Waals surface area contributed by atoms with Gasteiger partial charge in [0.15, 0.2) is 0 Å². The smallest absolute Gasteiger partial charge is 0.257 e. The molecule has 3 rings (SSSR count). The third-order valence-electron chi connectivity index (χ3n) is 4.82. The lowest BCUT2D eigenvalue weighted by molar-refractivity contribution is 0.0927. The van der Waals surface area contributed by atoms with Crippen molar-refractivity contribution in [2.24, 2.45) is 0 Å². The Morgan fingerprint density at radius 3 is 2.48 bits per heavy atom. The van der Waals surface area contributed by atoms with Crippen molar-refractivity contribution in [3.63, 3.8) is 0 Å². The van der Waals surface area contributed by atoms with Crippen LogP contribution >= 0.6 is 0 Å². The van der Waals surface area contributed by atoms with E-state index in [0.717, 1.165) is 12.0 Å². The first-order valence-electron chi connectivity index (χ1n) is 9.32. The second-order valence-corrected chi connectivity index (χ2v) is 6.90. The van der Waals surface area contributed by atoms with Crippen molar-refractivity contribution in [3.8, 4) is 11.5 Å². The van der Waals surface area contributed by atoms with Gasteiger partial charge in [-0.1, -0.05) is 0 Å². The molecule has 0 unspecified atom stereocenters. The fourth-order valence-corrected chi connectivity index (χ4v) is 3.15. The normalized spacial score (nSPS) is 15.7. The van der Waals surface area contributed by atoms with Crippen LogP contribution in [0.5, 0.6) is 11.5 Å². The van der Waals surface area contributed by atoms with Crippen molar-refractivity contribution in [1.82, 2.24) is 10.3 Å². The zero-order chi connectivity index (χ0) is 21.0. The lowest BCUT2D eigenvalue weighted by Gasteiger charge is -2.16. The lowest BCUT2D eigenvalue weighted by Crippen LogP contribution is -2.35. The predicted molar refractivity (Wildman–Crippen MR) is 108 cm³/mol. The molecule has 1 saturated heterocycles. The summed E-state index contributed by atoms with van der Waals surface area (Å²) in [7, 11) is 3.05. The van der Waals surface area contributed by atoms with Crippen molar-refractivity contribution in [2.75, 3.05) is 32.8 Å². The molecule has 8 heteroatoms. The van der Waals surface area contributed by atoms with E-state index in [-0.39, 0.29) is 17.9 Å². The van der Waals surface area contributed by atoms with Crippen LogP contribution in [-0.2, 0) is 4.74 Å². The number of methoxy groups -OCH3 is 2. The van der Waals surface area contributed by atoms with Gasteiger partial charge in [0.05, 0.1) is 38.6 Å². The monoisotopic (exact) mass is 399 g/mol. The van der Waals surface area contributed by atoms with Gasteiger partial charge >= 0.3 is 0 Å². The Bertz CT molecular complexity index is 923. The van der Waals surface area contributed by atoms with Crippen molar-refractivity contribution < 1.29 is 23.8 Å². The summed E-state index contributed by atoms with van der Waals surface area (Å²) >= 11 is 0. The van der Waals surface area contributed by atoms with E-state index in [4.69, 9.17) is 14.2 Å². The fraction of sp³-hybridized carbons (Fsp3) is 0.381. The molecule has 1 aromatic carbocycles. The Hall–Kier alpha value is -3.13. The Kier molecular flexibility index (Phi) is 6.33. The zero-order valence-corrected chi connectivity index (χ0v) is 17.0. The molecule has 0 spiro atoms. The maximum absolute atomic E-state index is 12.9. The van der Waals surface area contributed by atoms with E-state index in [2.05, 4.69) is 15.6 Å². The van der Waals surface area contributed by atoms with E-state index in [1.807, 2.05) is 6.92 Å². The summed E-state index contributed by atoms with van der Waals surface area (Å²) in [5, 5.41) is 5.72. The highest BCUT2D eigenvalue weighted by Crippen LogP contribution is 2.25. The third-order valence-corrected chi connectivity index (χ3v) is 4.82. The van der Waals surface area contributed by atoms with Crippen LogP contribution < -0.4 is 20.1 Å². The van der Waals surface area contributed by atoms with Gasteiger partial charge in [-0.2, -0.15) is 0 Å². The molecule has 1 aliphatic heterocycles. The molecule has 1 atom stereocenters. The third kappa shape index (κ3) is 4.65. The van der Waals surface area contributed by atoms with E-state index in [1.165, 1.54) is 13.3 Å². The van der Waals surface area contributed by atoms with Gasteiger partial charge in [0, 0.05) is 12.2 Å². The summed E-state index contributed by atoms with van der Waals surface area (Å²) in [6.07, 6.45) is 2.29. The highest BCUT2D eigenvalue weighted by Gasteiger charge is 2.23. The van der Waals surface area contributed by atoms with Crippen molar-refractivity contribution in [2.45, 2.75) is 26.3 Å². The Morgan fingerprint density at radius 1 is 1.07 bits per heavy atom. The number of aromatic nitrogens is 1. The molecule has 154 valence electrons. The Morgan fingerprint density at radius 2 is 1.86 bits per heavy atom. The van der Waals surface area contributed by atoms with Gasteiger partial charge < -0.3 is 24.8 Å². The summed E-state index contributed by atoms with van der Waals surface area (Å²) < 4.78 is 15.8. The molecule has 1 fully saturated rings. The minimum absolute atomic E-state index is 0.0445. The summed E-state index contributed by atoms with van der Waals surface area (Å²) in [6, 6.07) is 4.97. The molecule has 2 N–H and O–H groups in total. The van der Waals surface area contributed by atoms with Crippen molar-refractivity contribution >= 4 is 17.6 Å². The first-order valence-corrected chi connectivity index (χ1v) is 9.32. The molecular formula is C21H25N3O5. The molecule has 1 aromatic heterocycles. The van der Waals surface area contributed by atoms with Crippen LogP contribution in [0, 0.1) is 13.8 Å². The quantitative estimate of drug-likeness (QED) is 0.774. The molecule has 0 radical (unpaired) electrons. The molecular weight excluding hydrogens is 374 g/mol. The van der Waals surface area contributed by atoms with E-state index in [1.54, 1.807) is 32.2 Å². The minimum atomic E-state index is -0.357. The summed E-state index contributed by atoms with van der Waals surface area (Å²) in [6.45, 7) is 4.72. The van der Waals surface area contributed by atoms with Crippen LogP contribution in [0.25, 0.3) is 0 Å². The number of carbonyl (C=O) groups excluding carboxylic acids is 2. The number of nitrogens with zero attached hydrogens (tertiary/aromatic N) is 1. The van der Waals surface area contributed by atoms with E-state index in [9.17, 15) is 9.59 Å². The number of anilines is 1. The highest BCUT2D eigenvalue weighted by molar-refractivity contribution is 6.07. The predicted octanol–water partition coefficient (Wildman–Crippen LogP) is 2.49. The highest BCUT2D eigenvalue weighted by atomic mass is 16.5. The second-order valence-electron chi connectivity index (χ2n) is 6.90. The molecule has 2 amide bonds. The van der Waals surface area contributed by atoms with Gasteiger partial charge in [-0.25, -0.2) is 4.98 Å².